The maximum absolute atomic E-state index is 14.9. The largest absolute Gasteiger partial charge is 0.497 e. The van der Waals surface area contributed by atoms with Gasteiger partial charge in [-0.3, -0.25) is 9.10 Å². The number of halogens is 3. The Labute approximate surface area is 227 Å². The van der Waals surface area contributed by atoms with Gasteiger partial charge in [0, 0.05) is 5.38 Å². The van der Waals surface area contributed by atoms with Gasteiger partial charge in [0.2, 0.25) is 10.0 Å². The number of nitrogens with zero attached hydrogens (tertiary/aromatic N) is 3. The van der Waals surface area contributed by atoms with Crippen LogP contribution in [0.4, 0.5) is 15.8 Å². The van der Waals surface area contributed by atoms with Gasteiger partial charge in [0.25, 0.3) is 5.91 Å². The Hall–Kier alpha value is -2.99. The molecule has 0 spiro atoms. The number of hydrogen-bond acceptors (Lipinski definition) is 7. The molecule has 13 heteroatoms. The number of ether oxygens (including phenoxy) is 1. The van der Waals surface area contributed by atoms with E-state index in [1.165, 1.54) is 36.2 Å². The summed E-state index contributed by atoms with van der Waals surface area (Å²) in [5.41, 5.74) is 0.798. The van der Waals surface area contributed by atoms with E-state index < -0.39 is 21.7 Å². The number of rotatable bonds is 9. The van der Waals surface area contributed by atoms with E-state index in [0.717, 1.165) is 10.4 Å². The fourth-order valence-electron chi connectivity index (χ4n) is 3.61. The molecule has 37 heavy (non-hydrogen) atoms. The molecule has 0 radical (unpaired) electrons. The third-order valence-corrected chi connectivity index (χ3v) is 9.09. The SMILES string of the molecule is CCCS(=O)(=O)N(Cc1ccc(OC)cc1)c1ccc(F)c(NC(=O)c2csc3c(Cl)ncnc23)c1Cl. The molecule has 0 aliphatic carbocycles. The minimum absolute atomic E-state index is 0.0307. The molecule has 1 amide bonds. The molecular weight excluding hydrogens is 562 g/mol. The lowest BCUT2D eigenvalue weighted by molar-refractivity contribution is 0.102. The number of benzene rings is 2. The number of hydrogen-bond donors (Lipinski definition) is 1. The Bertz CT molecular complexity index is 1560. The zero-order chi connectivity index (χ0) is 26.7. The van der Waals surface area contributed by atoms with Gasteiger partial charge in [-0.25, -0.2) is 22.8 Å². The normalized spacial score (nSPS) is 11.5. The summed E-state index contributed by atoms with van der Waals surface area (Å²) >= 11 is 13.8. The Morgan fingerprint density at radius 3 is 2.57 bits per heavy atom. The predicted octanol–water partition coefficient (Wildman–Crippen LogP) is 6.14. The molecule has 0 unspecified atom stereocenters. The van der Waals surface area contributed by atoms with Crippen LogP contribution >= 0.6 is 34.5 Å². The summed E-state index contributed by atoms with van der Waals surface area (Å²) in [6.07, 6.45) is 1.58. The van der Waals surface area contributed by atoms with Gasteiger partial charge in [0.05, 0.1) is 51.6 Å². The minimum Gasteiger partial charge on any atom is -0.497 e. The summed E-state index contributed by atoms with van der Waals surface area (Å²) in [5, 5.41) is 3.93. The summed E-state index contributed by atoms with van der Waals surface area (Å²) in [7, 11) is -2.31. The van der Waals surface area contributed by atoms with Gasteiger partial charge in [0.15, 0.2) is 0 Å². The number of anilines is 2. The van der Waals surface area contributed by atoms with Gasteiger partial charge in [-0.15, -0.1) is 11.3 Å². The summed E-state index contributed by atoms with van der Waals surface area (Å²) in [4.78, 5) is 21.0. The standard InChI is InChI=1S/C24H21Cl2FN4O4S2/c1-3-10-37(33,34)31(11-14-4-6-15(35-2)7-5-14)18-9-8-17(27)21(19(18)25)30-24(32)16-12-36-22-20(16)28-13-29-23(22)26/h4-9,12-13H,3,10-11H2,1-2H3,(H,30,32). The van der Waals surface area contributed by atoms with Crippen molar-refractivity contribution in [2.45, 2.75) is 19.9 Å². The maximum Gasteiger partial charge on any atom is 0.258 e. The molecule has 2 aromatic carbocycles. The van der Waals surface area contributed by atoms with Crippen molar-refractivity contribution in [2.24, 2.45) is 0 Å². The molecule has 0 aliphatic heterocycles. The molecule has 0 saturated heterocycles. The third-order valence-electron chi connectivity index (χ3n) is 5.42. The van der Waals surface area contributed by atoms with Crippen molar-refractivity contribution in [3.63, 3.8) is 0 Å². The Balaban J connectivity index is 1.73. The number of amides is 1. The lowest BCUT2D eigenvalue weighted by Crippen LogP contribution is -2.33. The molecule has 2 heterocycles. The average Bonchev–Trinajstić information content (AvgIpc) is 3.31. The molecule has 0 saturated carbocycles. The Morgan fingerprint density at radius 2 is 1.89 bits per heavy atom. The van der Waals surface area contributed by atoms with Crippen LogP contribution < -0.4 is 14.4 Å². The van der Waals surface area contributed by atoms with Crippen LogP contribution in [0.15, 0.2) is 48.1 Å². The highest BCUT2D eigenvalue weighted by Gasteiger charge is 2.27. The van der Waals surface area contributed by atoms with Crippen molar-refractivity contribution < 1.29 is 22.3 Å². The molecule has 4 aromatic rings. The van der Waals surface area contributed by atoms with Gasteiger partial charge in [-0.1, -0.05) is 42.3 Å². The van der Waals surface area contributed by atoms with Crippen LogP contribution in [0, 0.1) is 5.82 Å². The number of methoxy groups -OCH3 is 1. The van der Waals surface area contributed by atoms with E-state index in [1.54, 1.807) is 31.2 Å². The number of aromatic nitrogens is 2. The molecule has 0 fully saturated rings. The topological polar surface area (TPSA) is 101 Å². The van der Waals surface area contributed by atoms with Crippen molar-refractivity contribution in [2.75, 3.05) is 22.5 Å². The number of nitrogens with one attached hydrogen (secondary N) is 1. The highest BCUT2D eigenvalue weighted by molar-refractivity contribution is 7.92. The zero-order valence-electron chi connectivity index (χ0n) is 19.7. The highest BCUT2D eigenvalue weighted by atomic mass is 35.5. The molecule has 4 rings (SSSR count). The monoisotopic (exact) mass is 582 g/mol. The second-order valence-electron chi connectivity index (χ2n) is 7.87. The zero-order valence-corrected chi connectivity index (χ0v) is 22.8. The Morgan fingerprint density at radius 1 is 1.16 bits per heavy atom. The molecule has 194 valence electrons. The van der Waals surface area contributed by atoms with E-state index >= 15 is 0 Å². The van der Waals surface area contributed by atoms with Crippen LogP contribution in [0.3, 0.4) is 0 Å². The molecular formula is C24H21Cl2FN4O4S2. The fourth-order valence-corrected chi connectivity index (χ4v) is 6.64. The van der Waals surface area contributed by atoms with Crippen molar-refractivity contribution in [3.05, 3.63) is 75.2 Å². The minimum atomic E-state index is -3.84. The number of fused-ring (bicyclic) bond motifs is 1. The number of carbonyl (C=O) groups is 1. The van der Waals surface area contributed by atoms with Crippen molar-refractivity contribution in [1.82, 2.24) is 9.97 Å². The van der Waals surface area contributed by atoms with Crippen LogP contribution in [-0.2, 0) is 16.6 Å². The lowest BCUT2D eigenvalue weighted by Gasteiger charge is -2.26. The van der Waals surface area contributed by atoms with Crippen LogP contribution in [0.1, 0.15) is 29.3 Å². The second-order valence-corrected chi connectivity index (χ2v) is 11.5. The molecule has 0 atom stereocenters. The number of carbonyl (C=O) groups excluding carboxylic acids is 1. The summed E-state index contributed by atoms with van der Waals surface area (Å²) < 4.78 is 48.1. The van der Waals surface area contributed by atoms with E-state index in [2.05, 4.69) is 15.3 Å². The van der Waals surface area contributed by atoms with Gasteiger partial charge >= 0.3 is 0 Å². The summed E-state index contributed by atoms with van der Waals surface area (Å²) in [6, 6.07) is 9.20. The van der Waals surface area contributed by atoms with E-state index in [4.69, 9.17) is 27.9 Å². The maximum atomic E-state index is 14.9. The Kier molecular flexibility index (Phi) is 8.17. The van der Waals surface area contributed by atoms with Gasteiger partial charge in [-0.05, 0) is 36.2 Å². The third kappa shape index (κ3) is 5.64. The van der Waals surface area contributed by atoms with Gasteiger partial charge in [0.1, 0.15) is 23.0 Å². The first-order chi connectivity index (χ1) is 17.7. The smallest absolute Gasteiger partial charge is 0.258 e. The van der Waals surface area contributed by atoms with E-state index in [1.807, 2.05) is 0 Å². The summed E-state index contributed by atoms with van der Waals surface area (Å²) in [5.74, 6) is -1.05. The molecule has 1 N–H and O–H groups in total. The number of sulfonamides is 1. The highest BCUT2D eigenvalue weighted by Crippen LogP contribution is 2.38. The van der Waals surface area contributed by atoms with E-state index in [0.29, 0.717) is 28.0 Å². The fraction of sp³-hybridized carbons (Fsp3) is 0.208. The molecule has 0 aliphatic rings. The van der Waals surface area contributed by atoms with Crippen LogP contribution in [0.5, 0.6) is 5.75 Å². The van der Waals surface area contributed by atoms with E-state index in [-0.39, 0.29) is 39.4 Å². The molecule has 8 nitrogen and oxygen atoms in total. The molecule has 2 aromatic heterocycles. The van der Waals surface area contributed by atoms with Crippen LogP contribution in [0.2, 0.25) is 10.2 Å². The average molecular weight is 583 g/mol. The molecule has 0 bridgehead atoms. The quantitative estimate of drug-likeness (QED) is 0.238. The number of thiophene rings is 1. The lowest BCUT2D eigenvalue weighted by atomic mass is 10.2. The summed E-state index contributed by atoms with van der Waals surface area (Å²) in [6.45, 7) is 1.68. The van der Waals surface area contributed by atoms with Crippen LogP contribution in [0.25, 0.3) is 10.2 Å². The van der Waals surface area contributed by atoms with Crippen molar-refractivity contribution in [3.8, 4) is 5.75 Å². The van der Waals surface area contributed by atoms with Crippen molar-refractivity contribution >= 4 is 72.1 Å². The first-order valence-corrected chi connectivity index (χ1v) is 14.2. The van der Waals surface area contributed by atoms with Crippen molar-refractivity contribution in [1.29, 1.82) is 0 Å². The first kappa shape index (κ1) is 27.1. The van der Waals surface area contributed by atoms with Gasteiger partial charge in [-0.2, -0.15) is 0 Å². The predicted molar refractivity (Wildman–Crippen MR) is 145 cm³/mol. The van der Waals surface area contributed by atoms with Crippen LogP contribution in [-0.4, -0.2) is 37.2 Å². The van der Waals surface area contributed by atoms with Gasteiger partial charge < -0.3 is 10.1 Å². The van der Waals surface area contributed by atoms with E-state index in [9.17, 15) is 17.6 Å². The second kappa shape index (κ2) is 11.2. The first-order valence-electron chi connectivity index (χ1n) is 11.0.